The SMILES string of the molecule is COc1cc(I)c(C(=O)O)cc1F. The monoisotopic (exact) mass is 296 g/mol. The predicted molar refractivity (Wildman–Crippen MR) is 52.6 cm³/mol. The Morgan fingerprint density at radius 1 is 1.62 bits per heavy atom. The number of benzene rings is 1. The smallest absolute Gasteiger partial charge is 0.336 e. The number of aromatic carboxylic acids is 1. The van der Waals surface area contributed by atoms with E-state index in [-0.39, 0.29) is 11.3 Å². The van der Waals surface area contributed by atoms with Crippen LogP contribution in [0.25, 0.3) is 0 Å². The number of hydrogen-bond acceptors (Lipinski definition) is 2. The Balaban J connectivity index is 3.28. The molecule has 0 saturated carbocycles. The number of carbonyl (C=O) groups is 1. The highest BCUT2D eigenvalue weighted by Crippen LogP contribution is 2.23. The molecule has 0 spiro atoms. The Hall–Kier alpha value is -0.850. The third-order valence-electron chi connectivity index (χ3n) is 1.47. The molecule has 0 unspecified atom stereocenters. The van der Waals surface area contributed by atoms with Crippen LogP contribution in [0.1, 0.15) is 10.4 Å². The van der Waals surface area contributed by atoms with Crippen molar-refractivity contribution in [2.24, 2.45) is 0 Å². The second-order valence-corrected chi connectivity index (χ2v) is 3.43. The summed E-state index contributed by atoms with van der Waals surface area (Å²) < 4.78 is 18.1. The fraction of sp³-hybridized carbons (Fsp3) is 0.125. The molecule has 1 rings (SSSR count). The van der Waals surface area contributed by atoms with Gasteiger partial charge in [0.05, 0.1) is 12.7 Å². The minimum absolute atomic E-state index is 0.0504. The number of methoxy groups -OCH3 is 1. The molecule has 0 aromatic heterocycles. The summed E-state index contributed by atoms with van der Waals surface area (Å²) in [5.74, 6) is -1.76. The van der Waals surface area contributed by atoms with Gasteiger partial charge in [0.2, 0.25) is 0 Å². The molecule has 0 fully saturated rings. The van der Waals surface area contributed by atoms with Crippen molar-refractivity contribution < 1.29 is 19.0 Å². The highest BCUT2D eigenvalue weighted by atomic mass is 127. The van der Waals surface area contributed by atoms with Crippen LogP contribution in [-0.4, -0.2) is 18.2 Å². The average Bonchev–Trinajstić information content (AvgIpc) is 2.07. The lowest BCUT2D eigenvalue weighted by atomic mass is 10.2. The number of hydrogen-bond donors (Lipinski definition) is 1. The summed E-state index contributed by atoms with van der Waals surface area (Å²) in [5.41, 5.74) is -0.0566. The molecule has 0 heterocycles. The first-order valence-corrected chi connectivity index (χ1v) is 4.40. The minimum atomic E-state index is -1.15. The molecule has 0 aliphatic rings. The number of carboxylic acid groups (broad SMARTS) is 1. The van der Waals surface area contributed by atoms with Gasteiger partial charge in [0.25, 0.3) is 0 Å². The topological polar surface area (TPSA) is 46.5 Å². The van der Waals surface area contributed by atoms with Gasteiger partial charge in [0.1, 0.15) is 0 Å². The normalized spacial score (nSPS) is 9.77. The highest BCUT2D eigenvalue weighted by Gasteiger charge is 2.13. The van der Waals surface area contributed by atoms with Crippen molar-refractivity contribution in [3.63, 3.8) is 0 Å². The lowest BCUT2D eigenvalue weighted by Crippen LogP contribution is -2.01. The second-order valence-electron chi connectivity index (χ2n) is 2.27. The number of ether oxygens (including phenoxy) is 1. The summed E-state index contributed by atoms with van der Waals surface area (Å²) in [4.78, 5) is 10.6. The zero-order valence-corrected chi connectivity index (χ0v) is 8.83. The molecule has 0 bridgehead atoms. The minimum Gasteiger partial charge on any atom is -0.494 e. The molecule has 0 saturated heterocycles. The molecule has 0 radical (unpaired) electrons. The highest BCUT2D eigenvalue weighted by molar-refractivity contribution is 14.1. The van der Waals surface area contributed by atoms with E-state index in [0.717, 1.165) is 6.07 Å². The Morgan fingerprint density at radius 2 is 2.23 bits per heavy atom. The molecule has 3 nitrogen and oxygen atoms in total. The summed E-state index contributed by atoms with van der Waals surface area (Å²) >= 11 is 1.81. The van der Waals surface area contributed by atoms with Crippen molar-refractivity contribution in [2.75, 3.05) is 7.11 Å². The van der Waals surface area contributed by atoms with Gasteiger partial charge in [0.15, 0.2) is 11.6 Å². The fourth-order valence-electron chi connectivity index (χ4n) is 0.849. The molecule has 0 atom stereocenters. The van der Waals surface area contributed by atoms with Crippen LogP contribution in [0.4, 0.5) is 4.39 Å². The van der Waals surface area contributed by atoms with Gasteiger partial charge in [-0.05, 0) is 34.7 Å². The van der Waals surface area contributed by atoms with Crippen molar-refractivity contribution in [1.29, 1.82) is 0 Å². The van der Waals surface area contributed by atoms with Crippen molar-refractivity contribution in [2.45, 2.75) is 0 Å². The first kappa shape index (κ1) is 10.2. The molecule has 0 aliphatic heterocycles. The third-order valence-corrected chi connectivity index (χ3v) is 2.36. The van der Waals surface area contributed by atoms with E-state index >= 15 is 0 Å². The lowest BCUT2D eigenvalue weighted by Gasteiger charge is -2.04. The first-order chi connectivity index (χ1) is 6.06. The maximum Gasteiger partial charge on any atom is 0.336 e. The molecule has 0 amide bonds. The van der Waals surface area contributed by atoms with E-state index in [1.165, 1.54) is 13.2 Å². The standard InChI is InChI=1S/C8H6FIO3/c1-13-7-3-6(10)4(8(11)12)2-5(7)9/h2-3H,1H3,(H,11,12). The Kier molecular flexibility index (Phi) is 3.07. The quantitative estimate of drug-likeness (QED) is 0.851. The Bertz CT molecular complexity index is 351. The van der Waals surface area contributed by atoms with Crippen LogP contribution in [0.15, 0.2) is 12.1 Å². The summed E-state index contributed by atoms with van der Waals surface area (Å²) in [5, 5.41) is 8.64. The van der Waals surface area contributed by atoms with E-state index in [1.807, 2.05) is 22.6 Å². The number of halogens is 2. The molecular weight excluding hydrogens is 290 g/mol. The van der Waals surface area contributed by atoms with Gasteiger partial charge in [-0.1, -0.05) is 0 Å². The molecule has 5 heteroatoms. The van der Waals surface area contributed by atoms with Crippen LogP contribution in [-0.2, 0) is 0 Å². The molecular formula is C8H6FIO3. The van der Waals surface area contributed by atoms with Gasteiger partial charge in [0, 0.05) is 3.57 Å². The summed E-state index contributed by atoms with van der Waals surface area (Å²) in [6, 6.07) is 2.29. The predicted octanol–water partition coefficient (Wildman–Crippen LogP) is 2.14. The molecule has 1 aromatic carbocycles. The average molecular weight is 296 g/mol. The van der Waals surface area contributed by atoms with Crippen LogP contribution >= 0.6 is 22.6 Å². The third kappa shape index (κ3) is 2.09. The van der Waals surface area contributed by atoms with E-state index < -0.39 is 11.8 Å². The van der Waals surface area contributed by atoms with Crippen LogP contribution in [0.3, 0.4) is 0 Å². The van der Waals surface area contributed by atoms with Crippen molar-refractivity contribution in [3.8, 4) is 5.75 Å². The van der Waals surface area contributed by atoms with Gasteiger partial charge < -0.3 is 9.84 Å². The summed E-state index contributed by atoms with van der Waals surface area (Å²) in [7, 11) is 1.33. The van der Waals surface area contributed by atoms with Crippen molar-refractivity contribution in [1.82, 2.24) is 0 Å². The largest absolute Gasteiger partial charge is 0.494 e. The van der Waals surface area contributed by atoms with Crippen molar-refractivity contribution in [3.05, 3.63) is 27.1 Å². The molecule has 1 N–H and O–H groups in total. The van der Waals surface area contributed by atoms with E-state index in [4.69, 9.17) is 5.11 Å². The number of rotatable bonds is 2. The maximum atomic E-state index is 13.0. The maximum absolute atomic E-state index is 13.0. The van der Waals surface area contributed by atoms with Crippen LogP contribution in [0.2, 0.25) is 0 Å². The Labute approximate surface area is 87.7 Å². The summed E-state index contributed by atoms with van der Waals surface area (Å²) in [6.45, 7) is 0. The zero-order chi connectivity index (χ0) is 10.0. The van der Waals surface area contributed by atoms with Crippen LogP contribution in [0.5, 0.6) is 5.75 Å². The van der Waals surface area contributed by atoms with Gasteiger partial charge in [-0.15, -0.1) is 0 Å². The van der Waals surface area contributed by atoms with Crippen LogP contribution < -0.4 is 4.74 Å². The zero-order valence-electron chi connectivity index (χ0n) is 6.67. The molecule has 13 heavy (non-hydrogen) atoms. The molecule has 0 aliphatic carbocycles. The fourth-order valence-corrected chi connectivity index (χ4v) is 1.52. The molecule has 1 aromatic rings. The van der Waals surface area contributed by atoms with Gasteiger partial charge >= 0.3 is 5.97 Å². The summed E-state index contributed by atoms with van der Waals surface area (Å²) in [6.07, 6.45) is 0. The number of carboxylic acids is 1. The van der Waals surface area contributed by atoms with Crippen LogP contribution in [0, 0.1) is 9.39 Å². The second kappa shape index (κ2) is 3.91. The van der Waals surface area contributed by atoms with Gasteiger partial charge in [-0.3, -0.25) is 0 Å². The van der Waals surface area contributed by atoms with E-state index in [0.29, 0.717) is 3.57 Å². The first-order valence-electron chi connectivity index (χ1n) is 3.32. The lowest BCUT2D eigenvalue weighted by molar-refractivity contribution is 0.0695. The van der Waals surface area contributed by atoms with Gasteiger partial charge in [-0.2, -0.15) is 0 Å². The van der Waals surface area contributed by atoms with E-state index in [2.05, 4.69) is 4.74 Å². The van der Waals surface area contributed by atoms with E-state index in [1.54, 1.807) is 0 Å². The van der Waals surface area contributed by atoms with Gasteiger partial charge in [-0.25, -0.2) is 9.18 Å². The molecule has 70 valence electrons. The van der Waals surface area contributed by atoms with Crippen molar-refractivity contribution >= 4 is 28.6 Å². The van der Waals surface area contributed by atoms with E-state index in [9.17, 15) is 9.18 Å². The Morgan fingerprint density at radius 3 is 2.69 bits per heavy atom.